The number of fused-ring (bicyclic) bond motifs is 2. The van der Waals surface area contributed by atoms with E-state index in [0.717, 1.165) is 43.3 Å². The lowest BCUT2D eigenvalue weighted by atomic mass is 10.1. The van der Waals surface area contributed by atoms with Crippen LogP contribution in [0.3, 0.4) is 0 Å². The number of benzene rings is 2. The molecular formula is C24H28N4O3S. The van der Waals surface area contributed by atoms with Crippen molar-refractivity contribution in [2.24, 2.45) is 4.99 Å². The number of nitrogens with zero attached hydrogens (tertiary/aromatic N) is 2. The van der Waals surface area contributed by atoms with E-state index in [2.05, 4.69) is 44.9 Å². The molecule has 0 unspecified atom stereocenters. The van der Waals surface area contributed by atoms with Crippen LogP contribution in [-0.4, -0.2) is 31.3 Å². The molecule has 0 saturated heterocycles. The Balaban J connectivity index is 1.21. The number of carbonyl (C=O) groups is 1. The molecule has 1 aliphatic rings. The molecule has 1 amide bonds. The van der Waals surface area contributed by atoms with Crippen molar-refractivity contribution in [3.05, 3.63) is 60.3 Å². The van der Waals surface area contributed by atoms with Crippen LogP contribution >= 0.6 is 0 Å². The van der Waals surface area contributed by atoms with Gasteiger partial charge in [-0.1, -0.05) is 25.5 Å². The van der Waals surface area contributed by atoms with Crippen LogP contribution in [0.25, 0.3) is 10.9 Å². The smallest absolute Gasteiger partial charge is 0.263 e. The van der Waals surface area contributed by atoms with Crippen molar-refractivity contribution in [2.75, 3.05) is 11.9 Å². The minimum atomic E-state index is -3.49. The molecule has 0 spiro atoms. The van der Waals surface area contributed by atoms with E-state index in [0.29, 0.717) is 24.4 Å². The van der Waals surface area contributed by atoms with E-state index < -0.39 is 10.0 Å². The quantitative estimate of drug-likeness (QED) is 0.475. The summed E-state index contributed by atoms with van der Waals surface area (Å²) in [6.45, 7) is 3.65. The molecule has 168 valence electrons. The fraction of sp³-hybridized carbons (Fsp3) is 0.333. The number of hydrogen-bond acceptors (Lipinski definition) is 4. The monoisotopic (exact) mass is 452 g/mol. The molecule has 2 aromatic carbocycles. The predicted octanol–water partition coefficient (Wildman–Crippen LogP) is 4.29. The second-order valence-electron chi connectivity index (χ2n) is 7.97. The molecule has 1 aromatic heterocycles. The van der Waals surface area contributed by atoms with Crippen molar-refractivity contribution in [2.45, 2.75) is 50.5 Å². The molecular weight excluding hydrogens is 424 g/mol. The fourth-order valence-corrected chi connectivity index (χ4v) is 5.20. The third-order valence-electron chi connectivity index (χ3n) is 5.51. The Labute approximate surface area is 188 Å². The van der Waals surface area contributed by atoms with Crippen LogP contribution in [0.2, 0.25) is 0 Å². The van der Waals surface area contributed by atoms with Gasteiger partial charge in [-0.25, -0.2) is 8.42 Å². The number of rotatable bonds is 9. The van der Waals surface area contributed by atoms with Gasteiger partial charge in [0.15, 0.2) is 0 Å². The molecule has 3 aromatic rings. The van der Waals surface area contributed by atoms with Crippen LogP contribution in [0.1, 0.15) is 44.6 Å². The number of nitrogens with one attached hydrogen (secondary N) is 2. The van der Waals surface area contributed by atoms with Gasteiger partial charge >= 0.3 is 0 Å². The average Bonchev–Trinajstić information content (AvgIpc) is 3.29. The van der Waals surface area contributed by atoms with E-state index in [4.69, 9.17) is 0 Å². The van der Waals surface area contributed by atoms with Gasteiger partial charge in [0.1, 0.15) is 5.84 Å². The zero-order chi connectivity index (χ0) is 22.6. The van der Waals surface area contributed by atoms with Crippen LogP contribution in [0.5, 0.6) is 0 Å². The lowest BCUT2D eigenvalue weighted by Gasteiger charge is -2.07. The Morgan fingerprint density at radius 2 is 1.94 bits per heavy atom. The predicted molar refractivity (Wildman–Crippen MR) is 127 cm³/mol. The van der Waals surface area contributed by atoms with E-state index in [1.165, 1.54) is 5.52 Å². The van der Waals surface area contributed by atoms with Crippen LogP contribution in [0.15, 0.2) is 64.6 Å². The molecule has 1 aliphatic heterocycles. The van der Waals surface area contributed by atoms with Gasteiger partial charge in [-0.05, 0) is 55.7 Å². The zero-order valence-corrected chi connectivity index (χ0v) is 19.0. The van der Waals surface area contributed by atoms with Crippen molar-refractivity contribution in [3.63, 3.8) is 0 Å². The van der Waals surface area contributed by atoms with Crippen LogP contribution in [-0.2, 0) is 21.4 Å². The Kier molecular flexibility index (Phi) is 6.60. The van der Waals surface area contributed by atoms with Crippen molar-refractivity contribution < 1.29 is 13.2 Å². The third kappa shape index (κ3) is 4.85. The average molecular weight is 453 g/mol. The van der Waals surface area contributed by atoms with Gasteiger partial charge in [0.2, 0.25) is 5.91 Å². The first-order valence-corrected chi connectivity index (χ1v) is 12.5. The van der Waals surface area contributed by atoms with Gasteiger partial charge in [0.25, 0.3) is 10.0 Å². The molecule has 32 heavy (non-hydrogen) atoms. The second kappa shape index (κ2) is 9.56. The van der Waals surface area contributed by atoms with Gasteiger partial charge in [-0.3, -0.25) is 14.5 Å². The first-order chi connectivity index (χ1) is 15.5. The van der Waals surface area contributed by atoms with Crippen LogP contribution in [0, 0.1) is 0 Å². The number of aryl methyl sites for hydroxylation is 1. The van der Waals surface area contributed by atoms with Gasteiger partial charge in [0.05, 0.1) is 4.90 Å². The number of unbranched alkanes of at least 4 members (excludes halogenated alkanes) is 2. The number of aliphatic imine (C=N–C) groups is 1. The Hall–Kier alpha value is -3.13. The summed E-state index contributed by atoms with van der Waals surface area (Å²) in [5, 5.41) is 4.10. The first-order valence-electron chi connectivity index (χ1n) is 11.0. The second-order valence-corrected chi connectivity index (χ2v) is 9.62. The standard InChI is InChI=1S/C24H28N4O3S/c1-2-15-28-16-13-18-17-19(11-12-21(18)28)26-23(29)10-4-3-7-14-25-24-20-8-5-6-9-22(20)32(30,31)27-24/h5-6,8-9,11-13,16-17H,2-4,7,10,14-15H2,1H3,(H,25,27)(H,26,29). The van der Waals surface area contributed by atoms with E-state index in [1.807, 2.05) is 12.1 Å². The Morgan fingerprint density at radius 1 is 1.09 bits per heavy atom. The number of aromatic nitrogens is 1. The maximum absolute atomic E-state index is 12.3. The maximum Gasteiger partial charge on any atom is 0.263 e. The molecule has 7 nitrogen and oxygen atoms in total. The molecule has 2 N–H and O–H groups in total. The number of hydrogen-bond donors (Lipinski definition) is 2. The molecule has 0 radical (unpaired) electrons. The minimum Gasteiger partial charge on any atom is -0.347 e. The molecule has 8 heteroatoms. The molecule has 0 aliphatic carbocycles. The van der Waals surface area contributed by atoms with E-state index >= 15 is 0 Å². The molecule has 0 bridgehead atoms. The summed E-state index contributed by atoms with van der Waals surface area (Å²) >= 11 is 0. The van der Waals surface area contributed by atoms with Gasteiger partial charge < -0.3 is 9.88 Å². The van der Waals surface area contributed by atoms with Crippen molar-refractivity contribution in [3.8, 4) is 0 Å². The zero-order valence-electron chi connectivity index (χ0n) is 18.2. The topological polar surface area (TPSA) is 92.6 Å². The first kappa shape index (κ1) is 22.1. The molecule has 4 rings (SSSR count). The van der Waals surface area contributed by atoms with Crippen molar-refractivity contribution >= 4 is 38.4 Å². The highest BCUT2D eigenvalue weighted by Gasteiger charge is 2.29. The van der Waals surface area contributed by atoms with Crippen LogP contribution < -0.4 is 10.0 Å². The largest absolute Gasteiger partial charge is 0.347 e. The summed E-state index contributed by atoms with van der Waals surface area (Å²) in [5.74, 6) is 0.405. The van der Waals surface area contributed by atoms with E-state index in [1.54, 1.807) is 24.3 Å². The summed E-state index contributed by atoms with van der Waals surface area (Å²) < 4.78 is 28.9. The van der Waals surface area contributed by atoms with Gasteiger partial charge in [0, 0.05) is 47.9 Å². The molecule has 0 saturated carbocycles. The van der Waals surface area contributed by atoms with E-state index in [-0.39, 0.29) is 10.8 Å². The lowest BCUT2D eigenvalue weighted by Crippen LogP contribution is -2.22. The number of anilines is 1. The third-order valence-corrected chi connectivity index (χ3v) is 6.91. The Bertz CT molecular complexity index is 1260. The Morgan fingerprint density at radius 3 is 2.78 bits per heavy atom. The highest BCUT2D eigenvalue weighted by Crippen LogP contribution is 2.23. The molecule has 0 atom stereocenters. The minimum absolute atomic E-state index is 0.00105. The number of carbonyl (C=O) groups excluding carboxylic acids is 1. The fourth-order valence-electron chi connectivity index (χ4n) is 3.95. The molecule has 0 fully saturated rings. The van der Waals surface area contributed by atoms with Gasteiger partial charge in [-0.2, -0.15) is 0 Å². The maximum atomic E-state index is 12.3. The summed E-state index contributed by atoms with van der Waals surface area (Å²) in [4.78, 5) is 17.0. The summed E-state index contributed by atoms with van der Waals surface area (Å²) in [7, 11) is -3.49. The van der Waals surface area contributed by atoms with Crippen molar-refractivity contribution in [1.29, 1.82) is 0 Å². The molecule has 2 heterocycles. The van der Waals surface area contributed by atoms with Crippen LogP contribution in [0.4, 0.5) is 5.69 Å². The summed E-state index contributed by atoms with van der Waals surface area (Å²) in [6.07, 6.45) is 6.00. The highest BCUT2D eigenvalue weighted by atomic mass is 32.2. The highest BCUT2D eigenvalue weighted by molar-refractivity contribution is 7.90. The van der Waals surface area contributed by atoms with E-state index in [9.17, 15) is 13.2 Å². The number of sulfonamides is 1. The lowest BCUT2D eigenvalue weighted by molar-refractivity contribution is -0.116. The van der Waals surface area contributed by atoms with Gasteiger partial charge in [-0.15, -0.1) is 0 Å². The normalized spacial score (nSPS) is 15.6. The number of amidine groups is 1. The summed E-state index contributed by atoms with van der Waals surface area (Å²) in [6, 6.07) is 14.9. The summed E-state index contributed by atoms with van der Waals surface area (Å²) in [5.41, 5.74) is 2.61. The number of amides is 1. The SMILES string of the molecule is CCCn1ccc2cc(NC(=O)CCCCCN=C3NS(=O)(=O)c4ccccc43)ccc21. The van der Waals surface area contributed by atoms with Crippen molar-refractivity contribution in [1.82, 2.24) is 9.29 Å².